The van der Waals surface area contributed by atoms with E-state index in [2.05, 4.69) is 10.4 Å². The van der Waals surface area contributed by atoms with Crippen molar-refractivity contribution in [2.45, 2.75) is 6.61 Å². The third-order valence-electron chi connectivity index (χ3n) is 2.17. The van der Waals surface area contributed by atoms with Gasteiger partial charge < -0.3 is 10.2 Å². The minimum absolute atomic E-state index is 0.442. The molecule has 0 aliphatic carbocycles. The molecular weight excluding hydrogens is 238 g/mol. The molecule has 0 radical (unpaired) electrons. The van der Waals surface area contributed by atoms with Crippen molar-refractivity contribution >= 4 is 17.4 Å². The maximum Gasteiger partial charge on any atom is 0.140 e. The van der Waals surface area contributed by atoms with Crippen molar-refractivity contribution in [1.29, 1.82) is 0 Å². The van der Waals surface area contributed by atoms with Crippen molar-refractivity contribution in [3.63, 3.8) is 0 Å². The standard InChI is InChI=1S/C12H12ClN3O/c13-10-2-1-3-11(7-10)17-8-9-4-5-15-12(6-9)16-14/h1-7H,8,14H2,(H,15,16). The lowest BCUT2D eigenvalue weighted by molar-refractivity contribution is 0.306. The van der Waals surface area contributed by atoms with E-state index in [1.165, 1.54) is 0 Å². The van der Waals surface area contributed by atoms with Gasteiger partial charge in [-0.3, -0.25) is 0 Å². The van der Waals surface area contributed by atoms with Gasteiger partial charge in [0.25, 0.3) is 0 Å². The van der Waals surface area contributed by atoms with Gasteiger partial charge in [0.2, 0.25) is 0 Å². The van der Waals surface area contributed by atoms with Crippen LogP contribution in [-0.2, 0) is 6.61 Å². The molecule has 0 atom stereocenters. The predicted octanol–water partition coefficient (Wildman–Crippen LogP) is 2.60. The molecule has 5 heteroatoms. The number of hydrogen-bond acceptors (Lipinski definition) is 4. The molecule has 0 spiro atoms. The number of aromatic nitrogens is 1. The van der Waals surface area contributed by atoms with Crippen LogP contribution in [0.1, 0.15) is 5.56 Å². The van der Waals surface area contributed by atoms with Gasteiger partial charge in [-0.2, -0.15) is 0 Å². The lowest BCUT2D eigenvalue weighted by atomic mass is 10.3. The van der Waals surface area contributed by atoms with Crippen molar-refractivity contribution in [1.82, 2.24) is 4.98 Å². The highest BCUT2D eigenvalue weighted by Crippen LogP contribution is 2.18. The second-order valence-electron chi connectivity index (χ2n) is 3.44. The number of pyridine rings is 1. The summed E-state index contributed by atoms with van der Waals surface area (Å²) < 4.78 is 5.59. The summed E-state index contributed by atoms with van der Waals surface area (Å²) in [6, 6.07) is 11.0. The highest BCUT2D eigenvalue weighted by Gasteiger charge is 1.98. The van der Waals surface area contributed by atoms with Gasteiger partial charge in [-0.25, -0.2) is 10.8 Å². The number of nitrogens with one attached hydrogen (secondary N) is 1. The molecule has 0 aliphatic heterocycles. The maximum atomic E-state index is 5.86. The summed E-state index contributed by atoms with van der Waals surface area (Å²) in [7, 11) is 0. The van der Waals surface area contributed by atoms with Gasteiger partial charge in [0, 0.05) is 11.2 Å². The number of nitrogens with two attached hydrogens (primary N) is 1. The van der Waals surface area contributed by atoms with Crippen molar-refractivity contribution in [2.75, 3.05) is 5.43 Å². The Hall–Kier alpha value is -1.78. The van der Waals surface area contributed by atoms with Crippen molar-refractivity contribution in [3.05, 3.63) is 53.2 Å². The lowest BCUT2D eigenvalue weighted by Crippen LogP contribution is -2.09. The highest BCUT2D eigenvalue weighted by atomic mass is 35.5. The molecule has 2 aromatic rings. The average Bonchev–Trinajstić information content (AvgIpc) is 2.37. The SMILES string of the molecule is NNc1cc(COc2cccc(Cl)c2)ccn1. The fraction of sp³-hybridized carbons (Fsp3) is 0.0833. The summed E-state index contributed by atoms with van der Waals surface area (Å²) >= 11 is 5.86. The Labute approximate surface area is 104 Å². The molecule has 1 aromatic heterocycles. The maximum absolute atomic E-state index is 5.86. The molecule has 3 N–H and O–H groups in total. The normalized spacial score (nSPS) is 10.0. The van der Waals surface area contributed by atoms with Crippen LogP contribution in [0.4, 0.5) is 5.82 Å². The number of halogens is 1. The monoisotopic (exact) mass is 249 g/mol. The number of rotatable bonds is 4. The molecule has 0 amide bonds. The van der Waals surface area contributed by atoms with Gasteiger partial charge in [0.15, 0.2) is 0 Å². The van der Waals surface area contributed by atoms with E-state index in [-0.39, 0.29) is 0 Å². The van der Waals surface area contributed by atoms with Crippen LogP contribution >= 0.6 is 11.6 Å². The fourth-order valence-electron chi connectivity index (χ4n) is 1.37. The summed E-state index contributed by atoms with van der Waals surface area (Å²) in [5.41, 5.74) is 3.47. The Balaban J connectivity index is 2.02. The van der Waals surface area contributed by atoms with E-state index in [1.54, 1.807) is 18.3 Å². The highest BCUT2D eigenvalue weighted by molar-refractivity contribution is 6.30. The molecule has 0 bridgehead atoms. The molecule has 17 heavy (non-hydrogen) atoms. The number of hydrogen-bond donors (Lipinski definition) is 2. The third-order valence-corrected chi connectivity index (χ3v) is 2.41. The number of nitrogens with zero attached hydrogens (tertiary/aromatic N) is 1. The molecular formula is C12H12ClN3O. The Morgan fingerprint density at radius 3 is 2.94 bits per heavy atom. The van der Waals surface area contributed by atoms with Crippen LogP contribution in [-0.4, -0.2) is 4.98 Å². The number of hydrazine groups is 1. The summed E-state index contributed by atoms with van der Waals surface area (Å²) in [6.45, 7) is 0.442. The van der Waals surface area contributed by atoms with E-state index in [0.29, 0.717) is 17.4 Å². The molecule has 1 heterocycles. The molecule has 0 fully saturated rings. The predicted molar refractivity (Wildman–Crippen MR) is 67.8 cm³/mol. The molecule has 0 unspecified atom stereocenters. The van der Waals surface area contributed by atoms with Gasteiger partial charge in [-0.05, 0) is 35.9 Å². The molecule has 4 nitrogen and oxygen atoms in total. The van der Waals surface area contributed by atoms with Crippen LogP contribution in [0, 0.1) is 0 Å². The second-order valence-corrected chi connectivity index (χ2v) is 3.88. The van der Waals surface area contributed by atoms with Crippen LogP contribution in [0.3, 0.4) is 0 Å². The number of ether oxygens (including phenoxy) is 1. The zero-order valence-electron chi connectivity index (χ0n) is 9.06. The minimum Gasteiger partial charge on any atom is -0.489 e. The van der Waals surface area contributed by atoms with Gasteiger partial charge in [-0.1, -0.05) is 17.7 Å². The van der Waals surface area contributed by atoms with E-state index in [0.717, 1.165) is 11.3 Å². The Morgan fingerprint density at radius 1 is 1.29 bits per heavy atom. The number of benzene rings is 1. The van der Waals surface area contributed by atoms with Crippen molar-refractivity contribution in [3.8, 4) is 5.75 Å². The first kappa shape index (κ1) is 11.7. The molecule has 0 saturated carbocycles. The zero-order valence-corrected chi connectivity index (χ0v) is 9.82. The third kappa shape index (κ3) is 3.34. The largest absolute Gasteiger partial charge is 0.489 e. The quantitative estimate of drug-likeness (QED) is 0.646. The second kappa shape index (κ2) is 5.52. The summed E-state index contributed by atoms with van der Waals surface area (Å²) in [5, 5.41) is 0.654. The molecule has 0 aliphatic rings. The molecule has 0 saturated heterocycles. The van der Waals surface area contributed by atoms with Crippen LogP contribution in [0.5, 0.6) is 5.75 Å². The summed E-state index contributed by atoms with van der Waals surface area (Å²) in [6.07, 6.45) is 1.67. The zero-order chi connectivity index (χ0) is 12.1. The van der Waals surface area contributed by atoms with E-state index >= 15 is 0 Å². The van der Waals surface area contributed by atoms with Gasteiger partial charge in [0.1, 0.15) is 18.2 Å². The Bertz CT molecular complexity index is 505. The number of anilines is 1. The van der Waals surface area contributed by atoms with Crippen LogP contribution in [0.2, 0.25) is 5.02 Å². The van der Waals surface area contributed by atoms with Gasteiger partial charge in [-0.15, -0.1) is 0 Å². The molecule has 2 rings (SSSR count). The van der Waals surface area contributed by atoms with Crippen LogP contribution < -0.4 is 16.0 Å². The van der Waals surface area contributed by atoms with E-state index in [1.807, 2.05) is 24.3 Å². The van der Waals surface area contributed by atoms with Crippen LogP contribution in [0.15, 0.2) is 42.6 Å². The Kier molecular flexibility index (Phi) is 3.80. The minimum atomic E-state index is 0.442. The first-order chi connectivity index (χ1) is 8.28. The van der Waals surface area contributed by atoms with Gasteiger partial charge in [0.05, 0.1) is 0 Å². The lowest BCUT2D eigenvalue weighted by Gasteiger charge is -2.07. The first-order valence-electron chi connectivity index (χ1n) is 5.08. The van der Waals surface area contributed by atoms with E-state index in [4.69, 9.17) is 22.2 Å². The van der Waals surface area contributed by atoms with Crippen molar-refractivity contribution < 1.29 is 4.74 Å². The number of nitrogen functional groups attached to an aromatic ring is 1. The smallest absolute Gasteiger partial charge is 0.140 e. The van der Waals surface area contributed by atoms with Crippen molar-refractivity contribution in [2.24, 2.45) is 5.84 Å². The first-order valence-corrected chi connectivity index (χ1v) is 5.45. The molecule has 88 valence electrons. The summed E-state index contributed by atoms with van der Waals surface area (Å²) in [4.78, 5) is 4.01. The molecule has 1 aromatic carbocycles. The Morgan fingerprint density at radius 2 is 2.18 bits per heavy atom. The van der Waals surface area contributed by atoms with E-state index in [9.17, 15) is 0 Å². The summed E-state index contributed by atoms with van der Waals surface area (Å²) in [5.74, 6) is 6.62. The van der Waals surface area contributed by atoms with Gasteiger partial charge >= 0.3 is 0 Å². The van der Waals surface area contributed by atoms with Crippen LogP contribution in [0.25, 0.3) is 0 Å². The average molecular weight is 250 g/mol. The van der Waals surface area contributed by atoms with E-state index < -0.39 is 0 Å². The topological polar surface area (TPSA) is 60.2 Å². The fourth-order valence-corrected chi connectivity index (χ4v) is 1.55.